The fourth-order valence-corrected chi connectivity index (χ4v) is 3.25. The first-order valence-electron chi connectivity index (χ1n) is 3.63. The largest absolute Gasteiger partial charge is 0.279 e. The molecule has 1 rings (SSSR count). The van der Waals surface area contributed by atoms with Crippen molar-refractivity contribution in [2.24, 2.45) is 0 Å². The van der Waals surface area contributed by atoms with Gasteiger partial charge in [-0.3, -0.25) is 0 Å². The maximum absolute atomic E-state index is 11.2. The second-order valence-electron chi connectivity index (χ2n) is 3.18. The summed E-state index contributed by atoms with van der Waals surface area (Å²) in [5.74, 6) is -0.194. The van der Waals surface area contributed by atoms with E-state index in [1.54, 1.807) is 0 Å². The molecule has 0 aromatic carbocycles. The molecule has 78 valence electrons. The van der Waals surface area contributed by atoms with Gasteiger partial charge in [0.15, 0.2) is 9.84 Å². The van der Waals surface area contributed by atoms with E-state index in [1.165, 1.54) is 14.1 Å². The molecule has 0 amide bonds. The van der Waals surface area contributed by atoms with Gasteiger partial charge in [0.05, 0.1) is 17.5 Å². The Morgan fingerprint density at radius 1 is 1.31 bits per heavy atom. The average Bonchev–Trinajstić information content (AvgIpc) is 1.81. The molecule has 0 bridgehead atoms. The van der Waals surface area contributed by atoms with Gasteiger partial charge in [0, 0.05) is 14.1 Å². The van der Waals surface area contributed by atoms with Crippen LogP contribution in [0.3, 0.4) is 0 Å². The molecule has 1 saturated heterocycles. The average molecular weight is 228 g/mol. The summed E-state index contributed by atoms with van der Waals surface area (Å²) in [6, 6.07) is -0.461. The molecule has 0 spiro atoms. The van der Waals surface area contributed by atoms with Gasteiger partial charge in [0.25, 0.3) is 10.2 Å². The molecule has 0 unspecified atom stereocenters. The second kappa shape index (κ2) is 3.19. The van der Waals surface area contributed by atoms with E-state index >= 15 is 0 Å². The molecule has 0 radical (unpaired) electrons. The van der Waals surface area contributed by atoms with Crippen molar-refractivity contribution >= 4 is 20.0 Å². The Bertz CT molecular complexity index is 371. The van der Waals surface area contributed by atoms with Gasteiger partial charge in [-0.15, -0.1) is 0 Å². The van der Waals surface area contributed by atoms with Gasteiger partial charge in [-0.25, -0.2) is 8.42 Å². The van der Waals surface area contributed by atoms with Crippen LogP contribution in [0, 0.1) is 0 Å². The quantitative estimate of drug-likeness (QED) is 0.616. The molecule has 1 aliphatic heterocycles. The molecule has 13 heavy (non-hydrogen) atoms. The number of rotatable bonds is 3. The monoisotopic (exact) mass is 228 g/mol. The van der Waals surface area contributed by atoms with Gasteiger partial charge in [-0.1, -0.05) is 0 Å². The van der Waals surface area contributed by atoms with Crippen molar-refractivity contribution in [3.63, 3.8) is 0 Å². The number of nitrogens with one attached hydrogen (secondary N) is 1. The summed E-state index contributed by atoms with van der Waals surface area (Å²) >= 11 is 0. The molecule has 0 aromatic rings. The third-order valence-corrected chi connectivity index (χ3v) is 5.12. The summed E-state index contributed by atoms with van der Waals surface area (Å²) in [5, 5.41) is 0. The number of nitrogens with zero attached hydrogens (tertiary/aromatic N) is 1. The van der Waals surface area contributed by atoms with Crippen molar-refractivity contribution in [1.82, 2.24) is 9.03 Å². The maximum Gasteiger partial charge on any atom is 0.279 e. The third kappa shape index (κ3) is 2.63. The SMILES string of the molecule is CN(C)S(=O)(=O)NC1CS(=O)(=O)C1. The molecule has 8 heteroatoms. The molecule has 0 aliphatic carbocycles. The summed E-state index contributed by atoms with van der Waals surface area (Å²) < 4.78 is 47.0. The van der Waals surface area contributed by atoms with Crippen LogP contribution in [0.15, 0.2) is 0 Å². The van der Waals surface area contributed by atoms with Crippen LogP contribution in [-0.4, -0.2) is 52.8 Å². The molecule has 6 nitrogen and oxygen atoms in total. The molecular formula is C5H12N2O4S2. The lowest BCUT2D eigenvalue weighted by molar-refractivity contribution is 0.488. The Hall–Kier alpha value is -0.180. The zero-order chi connectivity index (χ0) is 10.3. The highest BCUT2D eigenvalue weighted by atomic mass is 32.2. The van der Waals surface area contributed by atoms with E-state index in [0.717, 1.165) is 4.31 Å². The maximum atomic E-state index is 11.2. The van der Waals surface area contributed by atoms with E-state index in [2.05, 4.69) is 4.72 Å². The summed E-state index contributed by atoms with van der Waals surface area (Å²) in [4.78, 5) is 0. The highest BCUT2D eigenvalue weighted by Gasteiger charge is 2.36. The summed E-state index contributed by atoms with van der Waals surface area (Å²) in [7, 11) is -3.69. The van der Waals surface area contributed by atoms with Crippen LogP contribution in [0.5, 0.6) is 0 Å². The summed E-state index contributed by atoms with van der Waals surface area (Å²) in [5.41, 5.74) is 0. The van der Waals surface area contributed by atoms with Crippen molar-refractivity contribution in [2.45, 2.75) is 6.04 Å². The third-order valence-electron chi connectivity index (χ3n) is 1.71. The van der Waals surface area contributed by atoms with Crippen molar-refractivity contribution in [3.8, 4) is 0 Å². The molecular weight excluding hydrogens is 216 g/mol. The van der Waals surface area contributed by atoms with Crippen LogP contribution < -0.4 is 4.72 Å². The fourth-order valence-electron chi connectivity index (χ4n) is 0.948. The van der Waals surface area contributed by atoms with E-state index in [4.69, 9.17) is 0 Å². The predicted molar refractivity (Wildman–Crippen MR) is 48.2 cm³/mol. The number of sulfone groups is 1. The smallest absolute Gasteiger partial charge is 0.229 e. The van der Waals surface area contributed by atoms with Crippen LogP contribution in [0.1, 0.15) is 0 Å². The minimum atomic E-state index is -3.49. The van der Waals surface area contributed by atoms with E-state index in [0.29, 0.717) is 0 Å². The normalized spacial score (nSPS) is 23.0. The van der Waals surface area contributed by atoms with Crippen molar-refractivity contribution in [2.75, 3.05) is 25.6 Å². The van der Waals surface area contributed by atoms with Crippen LogP contribution >= 0.6 is 0 Å². The standard InChI is InChI=1S/C5H12N2O4S2/c1-7(2)13(10,11)6-5-3-12(8,9)4-5/h5-6H,3-4H2,1-2H3. The van der Waals surface area contributed by atoms with Crippen LogP contribution in [-0.2, 0) is 20.0 Å². The van der Waals surface area contributed by atoms with Gasteiger partial charge in [-0.2, -0.15) is 17.4 Å². The fraction of sp³-hybridized carbons (Fsp3) is 1.00. The number of hydrogen-bond acceptors (Lipinski definition) is 4. The molecule has 0 saturated carbocycles. The highest BCUT2D eigenvalue weighted by Crippen LogP contribution is 2.11. The zero-order valence-electron chi connectivity index (χ0n) is 7.39. The topological polar surface area (TPSA) is 83.6 Å². The predicted octanol–water partition coefficient (Wildman–Crippen LogP) is -1.82. The van der Waals surface area contributed by atoms with Gasteiger partial charge < -0.3 is 0 Å². The summed E-state index contributed by atoms with van der Waals surface area (Å²) in [6.45, 7) is 0. The molecule has 0 atom stereocenters. The Balaban J connectivity index is 2.54. The Morgan fingerprint density at radius 2 is 1.77 bits per heavy atom. The molecule has 1 aliphatic rings. The Morgan fingerprint density at radius 3 is 2.08 bits per heavy atom. The lowest BCUT2D eigenvalue weighted by atomic mass is 10.4. The van der Waals surface area contributed by atoms with E-state index in [1.807, 2.05) is 0 Å². The van der Waals surface area contributed by atoms with Crippen LogP contribution in [0.2, 0.25) is 0 Å². The number of hydrogen-bond donors (Lipinski definition) is 1. The van der Waals surface area contributed by atoms with Crippen LogP contribution in [0.25, 0.3) is 0 Å². The van der Waals surface area contributed by atoms with Crippen LogP contribution in [0.4, 0.5) is 0 Å². The molecule has 1 heterocycles. The van der Waals surface area contributed by atoms with Crippen molar-refractivity contribution in [1.29, 1.82) is 0 Å². The van der Waals surface area contributed by atoms with Crippen molar-refractivity contribution in [3.05, 3.63) is 0 Å². The highest BCUT2D eigenvalue weighted by molar-refractivity contribution is 7.93. The first-order chi connectivity index (χ1) is 5.73. The van der Waals surface area contributed by atoms with Crippen molar-refractivity contribution < 1.29 is 16.8 Å². The van der Waals surface area contributed by atoms with Gasteiger partial charge >= 0.3 is 0 Å². The van der Waals surface area contributed by atoms with Gasteiger partial charge in [0.1, 0.15) is 0 Å². The van der Waals surface area contributed by atoms with E-state index in [-0.39, 0.29) is 11.5 Å². The summed E-state index contributed by atoms with van der Waals surface area (Å²) in [6.07, 6.45) is 0. The lowest BCUT2D eigenvalue weighted by Crippen LogP contribution is -2.55. The molecule has 0 aromatic heterocycles. The van der Waals surface area contributed by atoms with Gasteiger partial charge in [-0.05, 0) is 0 Å². The second-order valence-corrected chi connectivity index (χ2v) is 7.25. The van der Waals surface area contributed by atoms with E-state index < -0.39 is 26.1 Å². The first-order valence-corrected chi connectivity index (χ1v) is 6.89. The van der Waals surface area contributed by atoms with E-state index in [9.17, 15) is 16.8 Å². The minimum absolute atomic E-state index is 0.0972. The zero-order valence-corrected chi connectivity index (χ0v) is 9.02. The Labute approximate surface area is 78.0 Å². The Kier molecular flexibility index (Phi) is 2.68. The molecule has 1 fully saturated rings. The van der Waals surface area contributed by atoms with Gasteiger partial charge in [0.2, 0.25) is 0 Å². The first kappa shape index (κ1) is 10.9. The lowest BCUT2D eigenvalue weighted by Gasteiger charge is -2.27. The molecule has 1 N–H and O–H groups in total. The minimum Gasteiger partial charge on any atom is -0.229 e.